The number of hydrogen-bond donors (Lipinski definition) is 4. The molecular formula is C9H16O5. The molecule has 1 unspecified atom stereocenters. The third kappa shape index (κ3) is 2.13. The Morgan fingerprint density at radius 3 is 2.14 bits per heavy atom. The molecule has 1 rings (SSSR count). The molecule has 5 atom stereocenters. The SMILES string of the molecule is C=CC[C@H]1O[C@H](CO)C(O)[C@H](O)[C@H]1O. The molecule has 0 bridgehead atoms. The van der Waals surface area contributed by atoms with Gasteiger partial charge in [0, 0.05) is 0 Å². The Balaban J connectivity index is 2.67. The smallest absolute Gasteiger partial charge is 0.111 e. The molecule has 0 aliphatic carbocycles. The normalized spacial score (nSPS) is 43.6. The number of ether oxygens (including phenoxy) is 1. The zero-order valence-corrected chi connectivity index (χ0v) is 7.78. The minimum absolute atomic E-state index is 0.363. The predicted octanol–water partition coefficient (Wildman–Crippen LogP) is -1.60. The molecule has 1 aliphatic heterocycles. The van der Waals surface area contributed by atoms with E-state index in [9.17, 15) is 15.3 Å². The quantitative estimate of drug-likeness (QED) is 0.416. The van der Waals surface area contributed by atoms with Crippen molar-refractivity contribution in [3.05, 3.63) is 12.7 Å². The molecular weight excluding hydrogens is 188 g/mol. The molecule has 0 spiro atoms. The van der Waals surface area contributed by atoms with Gasteiger partial charge in [-0.3, -0.25) is 0 Å². The van der Waals surface area contributed by atoms with Crippen LogP contribution in [0.3, 0.4) is 0 Å². The maximum absolute atomic E-state index is 9.49. The monoisotopic (exact) mass is 204 g/mol. The van der Waals surface area contributed by atoms with Crippen LogP contribution in [0.15, 0.2) is 12.7 Å². The first-order chi connectivity index (χ1) is 6.61. The molecule has 0 saturated carbocycles. The van der Waals surface area contributed by atoms with Gasteiger partial charge in [0.15, 0.2) is 0 Å². The molecule has 0 aromatic heterocycles. The maximum Gasteiger partial charge on any atom is 0.111 e. The molecule has 0 radical (unpaired) electrons. The first-order valence-electron chi connectivity index (χ1n) is 4.53. The summed E-state index contributed by atoms with van der Waals surface area (Å²) < 4.78 is 5.19. The van der Waals surface area contributed by atoms with Crippen molar-refractivity contribution >= 4 is 0 Å². The minimum Gasteiger partial charge on any atom is -0.394 e. The van der Waals surface area contributed by atoms with E-state index in [2.05, 4.69) is 6.58 Å². The first-order valence-corrected chi connectivity index (χ1v) is 4.53. The van der Waals surface area contributed by atoms with E-state index in [-0.39, 0.29) is 0 Å². The standard InChI is InChI=1S/C9H16O5/c1-2-3-5-7(11)9(13)8(12)6(4-10)14-5/h2,5-13H,1,3-4H2/t5-,6-,7+,8?,9-/m1/s1. The van der Waals surface area contributed by atoms with Crippen LogP contribution in [-0.2, 0) is 4.74 Å². The second-order valence-electron chi connectivity index (χ2n) is 3.39. The zero-order valence-electron chi connectivity index (χ0n) is 7.78. The minimum atomic E-state index is -1.29. The first kappa shape index (κ1) is 11.6. The van der Waals surface area contributed by atoms with E-state index in [1.54, 1.807) is 6.08 Å². The molecule has 1 heterocycles. The van der Waals surface area contributed by atoms with Gasteiger partial charge in [-0.15, -0.1) is 6.58 Å². The van der Waals surface area contributed by atoms with Gasteiger partial charge in [0.2, 0.25) is 0 Å². The Morgan fingerprint density at radius 1 is 1.07 bits per heavy atom. The molecule has 5 nitrogen and oxygen atoms in total. The molecule has 82 valence electrons. The summed E-state index contributed by atoms with van der Waals surface area (Å²) in [5, 5.41) is 37.1. The summed E-state index contributed by atoms with van der Waals surface area (Å²) in [6.07, 6.45) is -3.25. The van der Waals surface area contributed by atoms with E-state index in [4.69, 9.17) is 9.84 Å². The van der Waals surface area contributed by atoms with Crippen molar-refractivity contribution in [2.45, 2.75) is 36.9 Å². The van der Waals surface area contributed by atoms with Crippen LogP contribution < -0.4 is 0 Å². The lowest BCUT2D eigenvalue weighted by atomic mass is 9.94. The molecule has 1 fully saturated rings. The lowest BCUT2D eigenvalue weighted by Gasteiger charge is -2.39. The second kappa shape index (κ2) is 4.86. The summed E-state index contributed by atoms with van der Waals surface area (Å²) >= 11 is 0. The fourth-order valence-corrected chi connectivity index (χ4v) is 1.54. The molecule has 0 aromatic carbocycles. The van der Waals surface area contributed by atoms with Crippen molar-refractivity contribution in [1.29, 1.82) is 0 Å². The lowest BCUT2D eigenvalue weighted by Crippen LogP contribution is -2.58. The summed E-state index contributed by atoms with van der Waals surface area (Å²) in [6.45, 7) is 3.10. The summed E-state index contributed by atoms with van der Waals surface area (Å²) in [6, 6.07) is 0. The van der Waals surface area contributed by atoms with Gasteiger partial charge in [0.1, 0.15) is 24.4 Å². The molecule has 0 aromatic rings. The van der Waals surface area contributed by atoms with Crippen molar-refractivity contribution < 1.29 is 25.2 Å². The molecule has 0 amide bonds. The third-order valence-corrected chi connectivity index (χ3v) is 2.39. The Hall–Kier alpha value is -0.460. The molecule has 1 saturated heterocycles. The summed E-state index contributed by atoms with van der Waals surface area (Å²) in [5.74, 6) is 0. The van der Waals surface area contributed by atoms with Gasteiger partial charge < -0.3 is 25.2 Å². The highest BCUT2D eigenvalue weighted by Gasteiger charge is 2.42. The van der Waals surface area contributed by atoms with Crippen LogP contribution in [0, 0.1) is 0 Å². The van der Waals surface area contributed by atoms with Gasteiger partial charge in [0.05, 0.1) is 12.7 Å². The fraction of sp³-hybridized carbons (Fsp3) is 0.778. The van der Waals surface area contributed by atoms with E-state index < -0.39 is 37.1 Å². The number of aliphatic hydroxyl groups is 4. The van der Waals surface area contributed by atoms with E-state index >= 15 is 0 Å². The number of rotatable bonds is 3. The van der Waals surface area contributed by atoms with Crippen LogP contribution in [0.2, 0.25) is 0 Å². The average molecular weight is 204 g/mol. The van der Waals surface area contributed by atoms with Gasteiger partial charge >= 0.3 is 0 Å². The van der Waals surface area contributed by atoms with Gasteiger partial charge in [-0.25, -0.2) is 0 Å². The molecule has 4 N–H and O–H groups in total. The van der Waals surface area contributed by atoms with Gasteiger partial charge in [-0.2, -0.15) is 0 Å². The molecule has 1 aliphatic rings. The van der Waals surface area contributed by atoms with Gasteiger partial charge in [-0.1, -0.05) is 6.08 Å². The predicted molar refractivity (Wildman–Crippen MR) is 48.6 cm³/mol. The Morgan fingerprint density at radius 2 is 1.64 bits per heavy atom. The van der Waals surface area contributed by atoms with Crippen LogP contribution in [0.1, 0.15) is 6.42 Å². The van der Waals surface area contributed by atoms with Crippen LogP contribution in [0.25, 0.3) is 0 Å². The zero-order chi connectivity index (χ0) is 10.7. The van der Waals surface area contributed by atoms with Crippen LogP contribution in [0.5, 0.6) is 0 Å². The highest BCUT2D eigenvalue weighted by Crippen LogP contribution is 2.22. The summed E-state index contributed by atoms with van der Waals surface area (Å²) in [4.78, 5) is 0. The van der Waals surface area contributed by atoms with E-state index in [1.807, 2.05) is 0 Å². The average Bonchev–Trinajstić information content (AvgIpc) is 2.19. The third-order valence-electron chi connectivity index (χ3n) is 2.39. The largest absolute Gasteiger partial charge is 0.394 e. The Kier molecular flexibility index (Phi) is 4.03. The van der Waals surface area contributed by atoms with Gasteiger partial charge in [-0.05, 0) is 6.42 Å². The molecule has 5 heteroatoms. The van der Waals surface area contributed by atoms with Gasteiger partial charge in [0.25, 0.3) is 0 Å². The number of aliphatic hydroxyl groups excluding tert-OH is 4. The number of hydrogen-bond acceptors (Lipinski definition) is 5. The van der Waals surface area contributed by atoms with Crippen molar-refractivity contribution in [1.82, 2.24) is 0 Å². The van der Waals surface area contributed by atoms with E-state index in [1.165, 1.54) is 0 Å². The van der Waals surface area contributed by atoms with Crippen molar-refractivity contribution in [3.8, 4) is 0 Å². The lowest BCUT2D eigenvalue weighted by molar-refractivity contribution is -0.227. The van der Waals surface area contributed by atoms with Crippen LogP contribution in [-0.4, -0.2) is 57.6 Å². The fourth-order valence-electron chi connectivity index (χ4n) is 1.54. The Bertz CT molecular complexity index is 194. The Labute approximate surface area is 82.3 Å². The van der Waals surface area contributed by atoms with Crippen LogP contribution in [0.4, 0.5) is 0 Å². The topological polar surface area (TPSA) is 90.2 Å². The van der Waals surface area contributed by atoms with E-state index in [0.717, 1.165) is 0 Å². The highest BCUT2D eigenvalue weighted by atomic mass is 16.5. The summed E-state index contributed by atoms with van der Waals surface area (Å²) in [5.41, 5.74) is 0. The highest BCUT2D eigenvalue weighted by molar-refractivity contribution is 4.94. The maximum atomic E-state index is 9.49. The van der Waals surface area contributed by atoms with Crippen molar-refractivity contribution in [2.24, 2.45) is 0 Å². The van der Waals surface area contributed by atoms with E-state index in [0.29, 0.717) is 6.42 Å². The molecule has 14 heavy (non-hydrogen) atoms. The second-order valence-corrected chi connectivity index (χ2v) is 3.39. The van der Waals surface area contributed by atoms with Crippen molar-refractivity contribution in [2.75, 3.05) is 6.61 Å². The summed E-state index contributed by atoms with van der Waals surface area (Å²) in [7, 11) is 0. The van der Waals surface area contributed by atoms with Crippen molar-refractivity contribution in [3.63, 3.8) is 0 Å². The van der Waals surface area contributed by atoms with Crippen LogP contribution >= 0.6 is 0 Å².